The molecule has 132 valence electrons. The second kappa shape index (κ2) is 10.9. The SMILES string of the molecule is CCC1=CC[C]([Ti][O]c2cccc(-c3ccccc3)c2)=C1CC.Cl.Cl. The first-order valence-electron chi connectivity index (χ1n) is 8.31. The van der Waals surface area contributed by atoms with Crippen LogP contribution in [-0.2, 0) is 19.5 Å². The summed E-state index contributed by atoms with van der Waals surface area (Å²) in [6.45, 7) is 4.50. The molecule has 0 unspecified atom stereocenters. The van der Waals surface area contributed by atoms with Crippen LogP contribution in [0.3, 0.4) is 0 Å². The van der Waals surface area contributed by atoms with Gasteiger partial charge in [-0.1, -0.05) is 0 Å². The van der Waals surface area contributed by atoms with Gasteiger partial charge in [0, 0.05) is 0 Å². The van der Waals surface area contributed by atoms with Gasteiger partial charge in [0.05, 0.1) is 0 Å². The van der Waals surface area contributed by atoms with Crippen LogP contribution in [0.15, 0.2) is 75.7 Å². The smallest absolute Gasteiger partial charge is 0.147 e. The van der Waals surface area contributed by atoms with Gasteiger partial charge in [0.25, 0.3) is 0 Å². The van der Waals surface area contributed by atoms with Gasteiger partial charge in [-0.2, -0.15) is 0 Å². The van der Waals surface area contributed by atoms with E-state index in [1.165, 1.54) is 16.7 Å². The molecule has 1 aliphatic carbocycles. The molecular formula is C21H24Cl2OTi. The Kier molecular flexibility index (Phi) is 9.60. The van der Waals surface area contributed by atoms with Gasteiger partial charge in [-0.25, -0.2) is 0 Å². The minimum Gasteiger partial charge on any atom is -0.147 e. The second-order valence-corrected chi connectivity index (χ2v) is 7.28. The van der Waals surface area contributed by atoms with E-state index in [0.717, 1.165) is 25.0 Å². The molecule has 1 aliphatic rings. The maximum absolute atomic E-state index is 6.21. The molecule has 4 heteroatoms. The fourth-order valence-electron chi connectivity index (χ4n) is 3.06. The van der Waals surface area contributed by atoms with E-state index in [2.05, 4.69) is 68.5 Å². The molecule has 0 spiro atoms. The van der Waals surface area contributed by atoms with Crippen molar-refractivity contribution in [3.63, 3.8) is 0 Å². The molecule has 0 amide bonds. The summed E-state index contributed by atoms with van der Waals surface area (Å²) in [6, 6.07) is 18.9. The summed E-state index contributed by atoms with van der Waals surface area (Å²) in [7, 11) is 0. The van der Waals surface area contributed by atoms with Crippen molar-refractivity contribution in [3.8, 4) is 16.9 Å². The van der Waals surface area contributed by atoms with E-state index in [1.54, 1.807) is 9.45 Å². The van der Waals surface area contributed by atoms with Gasteiger partial charge in [-0.3, -0.25) is 0 Å². The summed E-state index contributed by atoms with van der Waals surface area (Å²) in [6.07, 6.45) is 5.76. The molecule has 0 N–H and O–H groups in total. The molecule has 1 nitrogen and oxygen atoms in total. The average Bonchev–Trinajstić information content (AvgIpc) is 3.03. The quantitative estimate of drug-likeness (QED) is 0.466. The Bertz CT molecular complexity index is 739. The van der Waals surface area contributed by atoms with Crippen LogP contribution in [-0.4, -0.2) is 0 Å². The molecule has 0 saturated carbocycles. The van der Waals surface area contributed by atoms with Crippen molar-refractivity contribution < 1.29 is 22.9 Å². The van der Waals surface area contributed by atoms with Gasteiger partial charge in [0.15, 0.2) is 0 Å². The Morgan fingerprint density at radius 1 is 0.880 bits per heavy atom. The predicted octanol–water partition coefficient (Wildman–Crippen LogP) is 6.98. The van der Waals surface area contributed by atoms with Gasteiger partial charge in [0.2, 0.25) is 0 Å². The zero-order valence-corrected chi connectivity index (χ0v) is 17.8. The van der Waals surface area contributed by atoms with Crippen LogP contribution in [0.1, 0.15) is 33.1 Å². The van der Waals surface area contributed by atoms with E-state index >= 15 is 0 Å². The summed E-state index contributed by atoms with van der Waals surface area (Å²) in [5.74, 6) is 0.999. The van der Waals surface area contributed by atoms with E-state index < -0.39 is 19.5 Å². The summed E-state index contributed by atoms with van der Waals surface area (Å²) in [5.41, 5.74) is 5.56. The van der Waals surface area contributed by atoms with Crippen LogP contribution in [0.4, 0.5) is 0 Å². The molecule has 3 rings (SSSR count). The molecular weight excluding hydrogens is 387 g/mol. The Balaban J connectivity index is 0.00000156. The van der Waals surface area contributed by atoms with Crippen molar-refractivity contribution in [2.45, 2.75) is 33.1 Å². The van der Waals surface area contributed by atoms with E-state index in [1.807, 2.05) is 6.07 Å². The third-order valence-corrected chi connectivity index (χ3v) is 5.97. The molecule has 0 heterocycles. The molecule has 0 fully saturated rings. The van der Waals surface area contributed by atoms with Crippen molar-refractivity contribution in [3.05, 3.63) is 75.7 Å². The molecule has 2 aromatic rings. The molecule has 0 radical (unpaired) electrons. The molecule has 25 heavy (non-hydrogen) atoms. The molecule has 2 aromatic carbocycles. The number of hydrogen-bond acceptors (Lipinski definition) is 1. The maximum Gasteiger partial charge on any atom is -0.147 e. The van der Waals surface area contributed by atoms with Crippen molar-refractivity contribution in [1.82, 2.24) is 0 Å². The maximum atomic E-state index is 6.21. The Morgan fingerprint density at radius 2 is 1.60 bits per heavy atom. The van der Waals surface area contributed by atoms with Gasteiger partial charge >= 0.3 is 149 Å². The second-order valence-electron chi connectivity index (χ2n) is 5.70. The van der Waals surface area contributed by atoms with Crippen LogP contribution in [0.25, 0.3) is 11.1 Å². The van der Waals surface area contributed by atoms with E-state index in [4.69, 9.17) is 3.32 Å². The Morgan fingerprint density at radius 3 is 2.28 bits per heavy atom. The minimum atomic E-state index is -0.541. The Hall–Kier alpha value is -0.986. The van der Waals surface area contributed by atoms with Gasteiger partial charge < -0.3 is 0 Å². The van der Waals surface area contributed by atoms with Crippen LogP contribution in [0, 0.1) is 0 Å². The zero-order chi connectivity index (χ0) is 16.1. The van der Waals surface area contributed by atoms with Crippen molar-refractivity contribution >= 4 is 24.8 Å². The van der Waals surface area contributed by atoms with Crippen LogP contribution < -0.4 is 3.32 Å². The number of benzene rings is 2. The van der Waals surface area contributed by atoms with E-state index in [0.29, 0.717) is 0 Å². The van der Waals surface area contributed by atoms with Gasteiger partial charge in [-0.15, -0.1) is 24.8 Å². The fourth-order valence-corrected chi connectivity index (χ4v) is 4.64. The summed E-state index contributed by atoms with van der Waals surface area (Å²) in [4.78, 5) is 0. The molecule has 0 atom stereocenters. The standard InChI is InChI=1S/C12H10O.C9H13.2ClH.Ti/c13-12-8-4-7-11(9-12)10-5-2-1-3-6-10;1-3-8-6-5-7-9(8)4-2;;;/h1-9,13H;6H,3-5H2,1-2H3;2*1H;/q;;;;+1/p-1. The Labute approximate surface area is 172 Å². The van der Waals surface area contributed by atoms with Gasteiger partial charge in [-0.05, 0) is 0 Å². The average molecular weight is 411 g/mol. The van der Waals surface area contributed by atoms with Crippen molar-refractivity contribution in [2.24, 2.45) is 0 Å². The first-order chi connectivity index (χ1) is 11.3. The number of rotatable bonds is 6. The first-order valence-corrected chi connectivity index (χ1v) is 9.73. The van der Waals surface area contributed by atoms with Crippen molar-refractivity contribution in [2.75, 3.05) is 0 Å². The summed E-state index contributed by atoms with van der Waals surface area (Å²) >= 11 is -0.541. The normalized spacial score (nSPS) is 12.8. The zero-order valence-electron chi connectivity index (χ0n) is 14.6. The van der Waals surface area contributed by atoms with E-state index in [-0.39, 0.29) is 24.8 Å². The first kappa shape index (κ1) is 22.1. The molecule has 0 bridgehead atoms. The van der Waals surface area contributed by atoms with Crippen LogP contribution in [0.5, 0.6) is 5.75 Å². The number of halogens is 2. The summed E-state index contributed by atoms with van der Waals surface area (Å²) in [5, 5.41) is 0. The third-order valence-electron chi connectivity index (χ3n) is 4.27. The van der Waals surface area contributed by atoms with Crippen LogP contribution in [0.2, 0.25) is 0 Å². The van der Waals surface area contributed by atoms with Crippen LogP contribution >= 0.6 is 24.8 Å². The van der Waals surface area contributed by atoms with Crippen molar-refractivity contribution in [1.29, 1.82) is 0 Å². The van der Waals surface area contributed by atoms with Gasteiger partial charge in [0.1, 0.15) is 0 Å². The minimum absolute atomic E-state index is 0. The summed E-state index contributed by atoms with van der Waals surface area (Å²) < 4.78 is 7.78. The fraction of sp³-hybridized carbons (Fsp3) is 0.238. The predicted molar refractivity (Wildman–Crippen MR) is 107 cm³/mol. The molecule has 0 aromatic heterocycles. The molecule has 0 saturated heterocycles. The molecule has 0 aliphatic heterocycles. The monoisotopic (exact) mass is 410 g/mol. The third kappa shape index (κ3) is 5.49. The largest absolute Gasteiger partial charge is 0.147 e. The van der Waals surface area contributed by atoms with E-state index in [9.17, 15) is 0 Å². The number of allylic oxidation sites excluding steroid dienone is 4. The topological polar surface area (TPSA) is 9.23 Å². The number of hydrogen-bond donors (Lipinski definition) is 0.